The van der Waals surface area contributed by atoms with Crippen molar-refractivity contribution in [2.75, 3.05) is 12.8 Å². The van der Waals surface area contributed by atoms with E-state index < -0.39 is 0 Å². The molecule has 0 saturated heterocycles. The van der Waals surface area contributed by atoms with Crippen LogP contribution in [0.3, 0.4) is 0 Å². The predicted molar refractivity (Wildman–Crippen MR) is 90.3 cm³/mol. The lowest BCUT2D eigenvalue weighted by Gasteiger charge is -2.31. The van der Waals surface area contributed by atoms with Gasteiger partial charge in [-0.1, -0.05) is 38.8 Å². The Morgan fingerprint density at radius 1 is 1.15 bits per heavy atom. The fraction of sp³-hybridized carbons (Fsp3) is 0.667. The summed E-state index contributed by atoms with van der Waals surface area (Å²) in [5, 5.41) is 3.72. The number of nitrogens with one attached hydrogen (secondary N) is 1. The molecule has 1 aliphatic carbocycles. The number of hydrogen-bond donors (Lipinski definition) is 1. The summed E-state index contributed by atoms with van der Waals surface area (Å²) in [6.45, 7) is 6.92. The number of thioether (sulfide) groups is 1. The maximum atomic E-state index is 3.72. The Morgan fingerprint density at radius 2 is 1.80 bits per heavy atom. The fourth-order valence-electron chi connectivity index (χ4n) is 3.66. The molecule has 1 N–H and O–H groups in total. The minimum atomic E-state index is 0.577. The molecule has 1 aromatic rings. The van der Waals surface area contributed by atoms with Crippen LogP contribution in [0.15, 0.2) is 29.2 Å². The van der Waals surface area contributed by atoms with Crippen LogP contribution in [0.2, 0.25) is 0 Å². The van der Waals surface area contributed by atoms with Gasteiger partial charge in [-0.2, -0.15) is 0 Å². The van der Waals surface area contributed by atoms with E-state index in [9.17, 15) is 0 Å². The third-order valence-electron chi connectivity index (χ3n) is 4.49. The van der Waals surface area contributed by atoms with Gasteiger partial charge in [-0.3, -0.25) is 0 Å². The zero-order chi connectivity index (χ0) is 14.4. The van der Waals surface area contributed by atoms with Crippen LogP contribution in [0.4, 0.5) is 0 Å². The molecule has 0 atom stereocenters. The Kier molecular flexibility index (Phi) is 5.98. The summed E-state index contributed by atoms with van der Waals surface area (Å²) in [4.78, 5) is 1.35. The highest BCUT2D eigenvalue weighted by atomic mass is 32.2. The zero-order valence-electron chi connectivity index (χ0n) is 13.2. The Bertz CT molecular complexity index is 390. The van der Waals surface area contributed by atoms with Crippen molar-refractivity contribution in [2.45, 2.75) is 57.4 Å². The normalized spacial score (nSPS) is 17.8. The average Bonchev–Trinajstić information content (AvgIpc) is 2.87. The third-order valence-corrected chi connectivity index (χ3v) is 5.24. The van der Waals surface area contributed by atoms with E-state index in [1.54, 1.807) is 0 Å². The monoisotopic (exact) mass is 291 g/mol. The SMILES string of the molecule is CSc1ccc(CNCC2(CC(C)C)CCCC2)cc1. The summed E-state index contributed by atoms with van der Waals surface area (Å²) in [6.07, 6.45) is 9.20. The molecular formula is C18H29NS. The van der Waals surface area contributed by atoms with Crippen LogP contribution in [0.1, 0.15) is 51.5 Å². The van der Waals surface area contributed by atoms with E-state index in [1.807, 2.05) is 11.8 Å². The second kappa shape index (κ2) is 7.51. The van der Waals surface area contributed by atoms with Gasteiger partial charge in [0.15, 0.2) is 0 Å². The topological polar surface area (TPSA) is 12.0 Å². The highest BCUT2D eigenvalue weighted by Crippen LogP contribution is 2.42. The number of rotatable bonds is 7. The van der Waals surface area contributed by atoms with Crippen LogP contribution in [0.25, 0.3) is 0 Å². The molecule has 0 amide bonds. The van der Waals surface area contributed by atoms with Gasteiger partial charge in [-0.05, 0) is 54.5 Å². The van der Waals surface area contributed by atoms with Gasteiger partial charge in [0.05, 0.1) is 0 Å². The summed E-state index contributed by atoms with van der Waals surface area (Å²) < 4.78 is 0. The average molecular weight is 292 g/mol. The molecule has 0 aromatic heterocycles. The first-order valence-corrected chi connectivity index (χ1v) is 9.20. The number of hydrogen-bond acceptors (Lipinski definition) is 2. The lowest BCUT2D eigenvalue weighted by molar-refractivity contribution is 0.223. The van der Waals surface area contributed by atoms with Crippen LogP contribution in [-0.4, -0.2) is 12.8 Å². The van der Waals surface area contributed by atoms with Gasteiger partial charge in [0.1, 0.15) is 0 Å². The highest BCUT2D eigenvalue weighted by Gasteiger charge is 2.33. The fourth-order valence-corrected chi connectivity index (χ4v) is 4.07. The van der Waals surface area contributed by atoms with Crippen molar-refractivity contribution in [2.24, 2.45) is 11.3 Å². The van der Waals surface area contributed by atoms with Crippen molar-refractivity contribution >= 4 is 11.8 Å². The first-order valence-electron chi connectivity index (χ1n) is 7.97. The minimum absolute atomic E-state index is 0.577. The highest BCUT2D eigenvalue weighted by molar-refractivity contribution is 7.98. The van der Waals surface area contributed by atoms with E-state index in [4.69, 9.17) is 0 Å². The van der Waals surface area contributed by atoms with Gasteiger partial charge in [-0.25, -0.2) is 0 Å². The molecule has 1 nitrogen and oxygen atoms in total. The van der Waals surface area contributed by atoms with Crippen LogP contribution < -0.4 is 5.32 Å². The Morgan fingerprint density at radius 3 is 2.35 bits per heavy atom. The quantitative estimate of drug-likeness (QED) is 0.701. The molecule has 1 saturated carbocycles. The van der Waals surface area contributed by atoms with Crippen molar-refractivity contribution < 1.29 is 0 Å². The van der Waals surface area contributed by atoms with Crippen molar-refractivity contribution in [3.63, 3.8) is 0 Å². The van der Waals surface area contributed by atoms with E-state index in [1.165, 1.54) is 49.1 Å². The van der Waals surface area contributed by atoms with Crippen LogP contribution in [-0.2, 0) is 6.54 Å². The molecule has 1 fully saturated rings. The van der Waals surface area contributed by atoms with E-state index in [0.717, 1.165) is 12.5 Å². The molecule has 20 heavy (non-hydrogen) atoms. The molecule has 112 valence electrons. The van der Waals surface area contributed by atoms with Gasteiger partial charge in [0.25, 0.3) is 0 Å². The van der Waals surface area contributed by atoms with Crippen molar-refractivity contribution in [3.8, 4) is 0 Å². The van der Waals surface area contributed by atoms with Crippen LogP contribution in [0, 0.1) is 11.3 Å². The molecule has 0 heterocycles. The molecule has 1 aliphatic rings. The maximum Gasteiger partial charge on any atom is 0.0205 e. The number of benzene rings is 1. The smallest absolute Gasteiger partial charge is 0.0205 e. The molecular weight excluding hydrogens is 262 g/mol. The molecule has 2 rings (SSSR count). The minimum Gasteiger partial charge on any atom is -0.312 e. The standard InChI is InChI=1S/C18H29NS/c1-15(2)12-18(10-4-5-11-18)14-19-13-16-6-8-17(20-3)9-7-16/h6-9,15,19H,4-5,10-14H2,1-3H3. The molecule has 0 unspecified atom stereocenters. The Balaban J connectivity index is 1.83. The van der Waals surface area contributed by atoms with Gasteiger partial charge in [0.2, 0.25) is 0 Å². The summed E-state index contributed by atoms with van der Waals surface area (Å²) in [5.41, 5.74) is 1.98. The Labute approximate surface area is 128 Å². The molecule has 0 aliphatic heterocycles. The second-order valence-corrected chi connectivity index (χ2v) is 7.64. The first-order chi connectivity index (χ1) is 9.63. The molecule has 2 heteroatoms. The van der Waals surface area contributed by atoms with Gasteiger partial charge in [-0.15, -0.1) is 11.8 Å². The van der Waals surface area contributed by atoms with Gasteiger partial charge < -0.3 is 5.32 Å². The van der Waals surface area contributed by atoms with E-state index in [0.29, 0.717) is 5.41 Å². The van der Waals surface area contributed by atoms with Crippen molar-refractivity contribution in [1.29, 1.82) is 0 Å². The van der Waals surface area contributed by atoms with E-state index in [-0.39, 0.29) is 0 Å². The zero-order valence-corrected chi connectivity index (χ0v) is 14.1. The molecule has 0 spiro atoms. The Hall–Kier alpha value is -0.470. The van der Waals surface area contributed by atoms with Crippen LogP contribution >= 0.6 is 11.8 Å². The summed E-state index contributed by atoms with van der Waals surface area (Å²) in [7, 11) is 0. The van der Waals surface area contributed by atoms with Gasteiger partial charge >= 0.3 is 0 Å². The first kappa shape index (κ1) is 15.9. The summed E-state index contributed by atoms with van der Waals surface area (Å²) in [5.74, 6) is 0.816. The molecule has 0 radical (unpaired) electrons. The van der Waals surface area contributed by atoms with E-state index >= 15 is 0 Å². The summed E-state index contributed by atoms with van der Waals surface area (Å²) in [6, 6.07) is 8.95. The van der Waals surface area contributed by atoms with Crippen LogP contribution in [0.5, 0.6) is 0 Å². The lowest BCUT2D eigenvalue weighted by Crippen LogP contribution is -2.33. The van der Waals surface area contributed by atoms with Crippen molar-refractivity contribution in [3.05, 3.63) is 29.8 Å². The van der Waals surface area contributed by atoms with E-state index in [2.05, 4.69) is 49.7 Å². The van der Waals surface area contributed by atoms with Crippen molar-refractivity contribution in [1.82, 2.24) is 5.32 Å². The molecule has 0 bridgehead atoms. The van der Waals surface area contributed by atoms with Gasteiger partial charge in [0, 0.05) is 18.0 Å². The predicted octanol–water partition coefficient (Wildman–Crippen LogP) is 5.10. The third kappa shape index (κ3) is 4.53. The second-order valence-electron chi connectivity index (χ2n) is 6.76. The largest absolute Gasteiger partial charge is 0.312 e. The lowest BCUT2D eigenvalue weighted by atomic mass is 9.78. The molecule has 1 aromatic carbocycles. The summed E-state index contributed by atoms with van der Waals surface area (Å²) >= 11 is 1.81. The maximum absolute atomic E-state index is 3.72.